The highest BCUT2D eigenvalue weighted by atomic mass is 79.9. The normalized spacial score (nSPS) is 14.7. The molecule has 2 rings (SSSR count). The number of primary amides is 1. The van der Waals surface area contributed by atoms with Crippen molar-refractivity contribution in [2.45, 2.75) is 39.3 Å². The Balaban J connectivity index is 2.03. The van der Waals surface area contributed by atoms with Gasteiger partial charge in [0.05, 0.1) is 6.61 Å². The largest absolute Gasteiger partial charge is 0.465 e. The molecule has 24 heavy (non-hydrogen) atoms. The van der Waals surface area contributed by atoms with Crippen LogP contribution in [0.25, 0.3) is 0 Å². The van der Waals surface area contributed by atoms with Crippen LogP contribution in [0.3, 0.4) is 0 Å². The first-order chi connectivity index (χ1) is 11.3. The van der Waals surface area contributed by atoms with E-state index in [1.54, 1.807) is 6.07 Å². The Bertz CT molecular complexity index is 660. The predicted molar refractivity (Wildman–Crippen MR) is 92.0 cm³/mol. The van der Waals surface area contributed by atoms with Gasteiger partial charge in [-0.1, -0.05) is 35.8 Å². The summed E-state index contributed by atoms with van der Waals surface area (Å²) in [7, 11) is 0. The fourth-order valence-electron chi connectivity index (χ4n) is 2.59. The van der Waals surface area contributed by atoms with Crippen LogP contribution >= 0.6 is 15.9 Å². The van der Waals surface area contributed by atoms with Gasteiger partial charge in [0.2, 0.25) is 5.91 Å². The van der Waals surface area contributed by atoms with Crippen LogP contribution in [0.5, 0.6) is 0 Å². The number of fused-ring (bicyclic) bond motifs is 1. The fraction of sp³-hybridized carbons (Fsp3) is 0.471. The maximum atomic E-state index is 12.5. The number of nitrogens with two attached hydrogens (primary N) is 1. The van der Waals surface area contributed by atoms with Crippen molar-refractivity contribution in [2.24, 2.45) is 11.7 Å². The van der Waals surface area contributed by atoms with E-state index in [4.69, 9.17) is 10.5 Å². The molecule has 0 bridgehead atoms. The number of hydrogen-bond donors (Lipinski definition) is 1. The molecule has 1 unspecified atom stereocenters. The second-order valence-corrected chi connectivity index (χ2v) is 7.18. The zero-order chi connectivity index (χ0) is 17.9. The van der Waals surface area contributed by atoms with Crippen LogP contribution in [0.2, 0.25) is 0 Å². The van der Waals surface area contributed by atoms with Gasteiger partial charge in [-0.2, -0.15) is 0 Å². The summed E-state index contributed by atoms with van der Waals surface area (Å²) in [6.45, 7) is 4.54. The van der Waals surface area contributed by atoms with Gasteiger partial charge in [-0.3, -0.25) is 14.4 Å². The number of carbonyl (C=O) groups is 3. The fourth-order valence-corrected chi connectivity index (χ4v) is 2.95. The molecular weight excluding hydrogens is 376 g/mol. The Kier molecular flexibility index (Phi) is 5.99. The molecule has 0 fully saturated rings. The van der Waals surface area contributed by atoms with Gasteiger partial charge in [0, 0.05) is 23.0 Å². The number of esters is 1. The first-order valence-electron chi connectivity index (χ1n) is 7.84. The molecule has 1 aliphatic heterocycles. The molecule has 2 amide bonds. The van der Waals surface area contributed by atoms with Crippen LogP contribution in [0.1, 0.15) is 42.6 Å². The lowest BCUT2D eigenvalue weighted by molar-refractivity contribution is -0.145. The smallest absolute Gasteiger partial charge is 0.305 e. The number of benzene rings is 1. The zero-order valence-electron chi connectivity index (χ0n) is 13.8. The molecule has 0 saturated carbocycles. The van der Waals surface area contributed by atoms with Gasteiger partial charge in [-0.25, -0.2) is 0 Å². The van der Waals surface area contributed by atoms with Crippen molar-refractivity contribution < 1.29 is 19.1 Å². The van der Waals surface area contributed by atoms with Gasteiger partial charge >= 0.3 is 5.97 Å². The van der Waals surface area contributed by atoms with Crippen molar-refractivity contribution in [3.05, 3.63) is 33.8 Å². The lowest BCUT2D eigenvalue weighted by Gasteiger charge is -2.24. The summed E-state index contributed by atoms with van der Waals surface area (Å²) in [6, 6.07) is 4.59. The van der Waals surface area contributed by atoms with Crippen molar-refractivity contribution >= 4 is 33.7 Å². The summed E-state index contributed by atoms with van der Waals surface area (Å²) in [5.41, 5.74) is 6.86. The monoisotopic (exact) mass is 396 g/mol. The van der Waals surface area contributed by atoms with Crippen LogP contribution in [0.4, 0.5) is 0 Å². The number of carbonyl (C=O) groups excluding carboxylic acids is 3. The number of amides is 2. The minimum atomic E-state index is -0.824. The van der Waals surface area contributed by atoms with Crippen LogP contribution in [-0.4, -0.2) is 35.3 Å². The molecule has 1 heterocycles. The van der Waals surface area contributed by atoms with Crippen LogP contribution in [0, 0.1) is 5.92 Å². The highest BCUT2D eigenvalue weighted by Crippen LogP contribution is 2.28. The maximum absolute atomic E-state index is 12.5. The molecule has 0 saturated heterocycles. The quantitative estimate of drug-likeness (QED) is 0.715. The molecule has 7 heteroatoms. The standard InChI is InChI=1S/C17H21BrN2O4/c1-10(2)9-24-15(21)6-5-14(16(19)22)20-8-11-3-4-12(18)7-13(11)17(20)23/h3-4,7,10,14H,5-6,8-9H2,1-2H3,(H2,19,22). The van der Waals surface area contributed by atoms with E-state index in [0.717, 1.165) is 10.0 Å². The zero-order valence-corrected chi connectivity index (χ0v) is 15.3. The average Bonchev–Trinajstić information content (AvgIpc) is 2.82. The number of nitrogens with zero attached hydrogens (tertiary/aromatic N) is 1. The van der Waals surface area contributed by atoms with Crippen molar-refractivity contribution in [2.75, 3.05) is 6.61 Å². The Hall–Kier alpha value is -1.89. The minimum Gasteiger partial charge on any atom is -0.465 e. The Labute approximate surface area is 149 Å². The Morgan fingerprint density at radius 2 is 2.08 bits per heavy atom. The molecule has 2 N–H and O–H groups in total. The van der Waals surface area contributed by atoms with Crippen LogP contribution in [0.15, 0.2) is 22.7 Å². The predicted octanol–water partition coefficient (Wildman–Crippen LogP) is 2.24. The molecule has 1 aromatic rings. The van der Waals surface area contributed by atoms with Gasteiger partial charge in [0.15, 0.2) is 0 Å². The molecule has 0 aliphatic carbocycles. The molecule has 0 radical (unpaired) electrons. The summed E-state index contributed by atoms with van der Waals surface area (Å²) in [5.74, 6) is -1.01. The lowest BCUT2D eigenvalue weighted by Crippen LogP contribution is -2.45. The third kappa shape index (κ3) is 4.35. The van der Waals surface area contributed by atoms with E-state index in [2.05, 4.69) is 15.9 Å². The van der Waals surface area contributed by atoms with Crippen molar-refractivity contribution in [3.8, 4) is 0 Å². The topological polar surface area (TPSA) is 89.7 Å². The van der Waals surface area contributed by atoms with Crippen LogP contribution < -0.4 is 5.73 Å². The molecule has 6 nitrogen and oxygen atoms in total. The molecule has 130 valence electrons. The number of halogens is 1. The molecule has 0 aromatic heterocycles. The highest BCUT2D eigenvalue weighted by Gasteiger charge is 2.35. The summed E-state index contributed by atoms with van der Waals surface area (Å²) in [4.78, 5) is 37.5. The molecule has 1 aromatic carbocycles. The lowest BCUT2D eigenvalue weighted by atomic mass is 10.1. The van der Waals surface area contributed by atoms with Gasteiger partial charge in [0.1, 0.15) is 6.04 Å². The Morgan fingerprint density at radius 1 is 1.38 bits per heavy atom. The van der Waals surface area contributed by atoms with Gasteiger partial charge < -0.3 is 15.4 Å². The first-order valence-corrected chi connectivity index (χ1v) is 8.63. The van der Waals surface area contributed by atoms with E-state index in [1.807, 2.05) is 26.0 Å². The first kappa shape index (κ1) is 18.4. The molecule has 1 atom stereocenters. The van der Waals surface area contributed by atoms with Gasteiger partial charge in [0.25, 0.3) is 5.91 Å². The third-order valence-electron chi connectivity index (χ3n) is 3.81. The van der Waals surface area contributed by atoms with E-state index in [-0.39, 0.29) is 30.6 Å². The SMILES string of the molecule is CC(C)COC(=O)CCC(C(N)=O)N1Cc2ccc(Br)cc2C1=O. The number of ether oxygens (including phenoxy) is 1. The van der Waals surface area contributed by atoms with E-state index >= 15 is 0 Å². The Morgan fingerprint density at radius 3 is 2.71 bits per heavy atom. The summed E-state index contributed by atoms with van der Waals surface area (Å²) in [6.07, 6.45) is 0.206. The van der Waals surface area contributed by atoms with Crippen molar-refractivity contribution in [1.82, 2.24) is 4.90 Å². The second kappa shape index (κ2) is 7.79. The highest BCUT2D eigenvalue weighted by molar-refractivity contribution is 9.10. The number of hydrogen-bond acceptors (Lipinski definition) is 4. The average molecular weight is 397 g/mol. The van der Waals surface area contributed by atoms with E-state index < -0.39 is 11.9 Å². The minimum absolute atomic E-state index is 0.0458. The van der Waals surface area contributed by atoms with E-state index in [0.29, 0.717) is 18.7 Å². The molecule has 0 spiro atoms. The maximum Gasteiger partial charge on any atom is 0.305 e. The number of rotatable bonds is 7. The van der Waals surface area contributed by atoms with Crippen LogP contribution in [-0.2, 0) is 20.9 Å². The van der Waals surface area contributed by atoms with Crippen molar-refractivity contribution in [1.29, 1.82) is 0 Å². The van der Waals surface area contributed by atoms with Crippen molar-refractivity contribution in [3.63, 3.8) is 0 Å². The summed E-state index contributed by atoms with van der Waals surface area (Å²) < 4.78 is 5.90. The molecule has 1 aliphatic rings. The third-order valence-corrected chi connectivity index (χ3v) is 4.30. The van der Waals surface area contributed by atoms with E-state index in [1.165, 1.54) is 4.90 Å². The van der Waals surface area contributed by atoms with Gasteiger partial charge in [-0.05, 0) is 30.0 Å². The summed E-state index contributed by atoms with van der Waals surface area (Å²) in [5, 5.41) is 0. The molecular formula is C17H21BrN2O4. The van der Waals surface area contributed by atoms with E-state index in [9.17, 15) is 14.4 Å². The summed E-state index contributed by atoms with van der Waals surface area (Å²) >= 11 is 3.33. The second-order valence-electron chi connectivity index (χ2n) is 6.27. The van der Waals surface area contributed by atoms with Gasteiger partial charge in [-0.15, -0.1) is 0 Å².